The van der Waals surface area contributed by atoms with Gasteiger partial charge in [0.2, 0.25) is 0 Å². The van der Waals surface area contributed by atoms with Gasteiger partial charge in [-0.15, -0.1) is 0 Å². The Labute approximate surface area is 121 Å². The molecule has 0 saturated carbocycles. The fourth-order valence-corrected chi connectivity index (χ4v) is 2.40. The van der Waals surface area contributed by atoms with E-state index >= 15 is 0 Å². The van der Waals surface area contributed by atoms with Gasteiger partial charge in [-0.05, 0) is 30.7 Å². The Morgan fingerprint density at radius 1 is 1.56 bits per heavy atom. The summed E-state index contributed by atoms with van der Waals surface area (Å²) < 4.78 is 5.93. The van der Waals surface area contributed by atoms with Gasteiger partial charge >= 0.3 is 0 Å². The molecule has 0 saturated heterocycles. The molecule has 0 heterocycles. The first kappa shape index (κ1) is 15.3. The highest BCUT2D eigenvalue weighted by atomic mass is 79.9. The molecule has 6 heteroatoms. The monoisotopic (exact) mass is 333 g/mol. The third-order valence-electron chi connectivity index (χ3n) is 2.17. The summed E-state index contributed by atoms with van der Waals surface area (Å²) in [5, 5.41) is 3.71. The number of hydrogen-bond acceptors (Lipinski definition) is 2. The normalized spacial score (nSPS) is 13.4. The van der Waals surface area contributed by atoms with Gasteiger partial charge in [-0.3, -0.25) is 0 Å². The first-order chi connectivity index (χ1) is 8.51. The molecule has 0 bridgehead atoms. The van der Waals surface area contributed by atoms with Crippen LogP contribution in [0.4, 0.5) is 0 Å². The molecule has 1 aromatic rings. The molecule has 100 valence electrons. The molecule has 0 amide bonds. The number of rotatable bonds is 5. The van der Waals surface area contributed by atoms with E-state index in [1.54, 1.807) is 7.11 Å². The number of ether oxygens (including phenoxy) is 1. The van der Waals surface area contributed by atoms with Crippen LogP contribution >= 0.6 is 27.5 Å². The second-order valence-corrected chi connectivity index (χ2v) is 5.33. The standard InChI is InChI=1S/C12H17BrClN3O/c1-8(7-18-2)17-12(15)16-6-9-3-10(13)5-11(14)4-9/h3-5,8H,6-7H2,1-2H3,(H3,15,16,17). The zero-order valence-corrected chi connectivity index (χ0v) is 12.8. The smallest absolute Gasteiger partial charge is 0.189 e. The number of nitrogens with zero attached hydrogens (tertiary/aromatic N) is 1. The van der Waals surface area contributed by atoms with Crippen molar-refractivity contribution in [3.63, 3.8) is 0 Å². The van der Waals surface area contributed by atoms with E-state index in [1.165, 1.54) is 0 Å². The van der Waals surface area contributed by atoms with Crippen LogP contribution in [0.1, 0.15) is 12.5 Å². The number of halogens is 2. The highest BCUT2D eigenvalue weighted by Crippen LogP contribution is 2.19. The number of hydrogen-bond donors (Lipinski definition) is 2. The molecule has 4 nitrogen and oxygen atoms in total. The average Bonchev–Trinajstić information content (AvgIpc) is 2.25. The Hall–Kier alpha value is -0.780. The third kappa shape index (κ3) is 5.71. The number of benzene rings is 1. The van der Waals surface area contributed by atoms with Crippen LogP contribution in [0.25, 0.3) is 0 Å². The van der Waals surface area contributed by atoms with Crippen LogP contribution in [0.15, 0.2) is 27.7 Å². The lowest BCUT2D eigenvalue weighted by molar-refractivity contribution is 0.179. The molecular weight excluding hydrogens is 318 g/mol. The van der Waals surface area contributed by atoms with Crippen molar-refractivity contribution in [3.8, 4) is 0 Å². The fourth-order valence-electron chi connectivity index (χ4n) is 1.47. The van der Waals surface area contributed by atoms with Gasteiger partial charge in [0.1, 0.15) is 0 Å². The zero-order chi connectivity index (χ0) is 13.5. The van der Waals surface area contributed by atoms with Gasteiger partial charge in [-0.25, -0.2) is 4.99 Å². The van der Waals surface area contributed by atoms with Crippen LogP contribution in [0.2, 0.25) is 5.02 Å². The van der Waals surface area contributed by atoms with Crippen molar-refractivity contribution in [1.82, 2.24) is 5.32 Å². The molecule has 0 aliphatic heterocycles. The maximum atomic E-state index is 5.95. The van der Waals surface area contributed by atoms with Crippen LogP contribution in [0.3, 0.4) is 0 Å². The lowest BCUT2D eigenvalue weighted by Crippen LogP contribution is -2.40. The van der Waals surface area contributed by atoms with E-state index < -0.39 is 0 Å². The quantitative estimate of drug-likeness (QED) is 0.642. The van der Waals surface area contributed by atoms with Crippen molar-refractivity contribution >= 4 is 33.5 Å². The van der Waals surface area contributed by atoms with Crippen molar-refractivity contribution in [1.29, 1.82) is 0 Å². The van der Waals surface area contributed by atoms with Crippen LogP contribution in [0.5, 0.6) is 0 Å². The summed E-state index contributed by atoms with van der Waals surface area (Å²) in [6.07, 6.45) is 0. The first-order valence-corrected chi connectivity index (χ1v) is 6.68. The summed E-state index contributed by atoms with van der Waals surface area (Å²) in [5.41, 5.74) is 6.77. The summed E-state index contributed by atoms with van der Waals surface area (Å²) in [4.78, 5) is 4.25. The lowest BCUT2D eigenvalue weighted by Gasteiger charge is -2.13. The molecule has 3 N–H and O–H groups in total. The topological polar surface area (TPSA) is 59.6 Å². The summed E-state index contributed by atoms with van der Waals surface area (Å²) in [6, 6.07) is 5.78. The van der Waals surface area contributed by atoms with Crippen molar-refractivity contribution < 1.29 is 4.74 Å². The van der Waals surface area contributed by atoms with E-state index in [-0.39, 0.29) is 6.04 Å². The number of aliphatic imine (C=N–C) groups is 1. The van der Waals surface area contributed by atoms with Gasteiger partial charge in [0.15, 0.2) is 5.96 Å². The molecule has 0 aliphatic carbocycles. The van der Waals surface area contributed by atoms with Gasteiger partial charge in [0, 0.05) is 22.6 Å². The van der Waals surface area contributed by atoms with Crippen LogP contribution in [-0.4, -0.2) is 25.7 Å². The number of guanidine groups is 1. The third-order valence-corrected chi connectivity index (χ3v) is 2.84. The molecule has 0 spiro atoms. The van der Waals surface area contributed by atoms with Gasteiger partial charge < -0.3 is 15.8 Å². The summed E-state index contributed by atoms with van der Waals surface area (Å²) >= 11 is 9.33. The molecule has 1 atom stereocenters. The molecule has 1 aromatic carbocycles. The molecule has 1 rings (SSSR count). The Bertz CT molecular complexity index is 406. The first-order valence-electron chi connectivity index (χ1n) is 5.51. The molecule has 0 fully saturated rings. The summed E-state index contributed by atoms with van der Waals surface area (Å²) in [7, 11) is 1.65. The summed E-state index contributed by atoms with van der Waals surface area (Å²) in [6.45, 7) is 3.04. The fraction of sp³-hybridized carbons (Fsp3) is 0.417. The predicted molar refractivity (Wildman–Crippen MR) is 79.0 cm³/mol. The van der Waals surface area contributed by atoms with E-state index in [0.717, 1.165) is 10.0 Å². The summed E-state index contributed by atoms with van der Waals surface area (Å²) in [5.74, 6) is 0.399. The van der Waals surface area contributed by atoms with Crippen LogP contribution in [-0.2, 0) is 11.3 Å². The maximum absolute atomic E-state index is 5.95. The molecule has 0 radical (unpaired) electrons. The zero-order valence-electron chi connectivity index (χ0n) is 10.4. The van der Waals surface area contributed by atoms with Crippen molar-refractivity contribution in [3.05, 3.63) is 33.3 Å². The maximum Gasteiger partial charge on any atom is 0.189 e. The van der Waals surface area contributed by atoms with Crippen LogP contribution in [0, 0.1) is 0 Å². The van der Waals surface area contributed by atoms with Crippen molar-refractivity contribution in [2.24, 2.45) is 10.7 Å². The second-order valence-electron chi connectivity index (χ2n) is 3.98. The van der Waals surface area contributed by atoms with Gasteiger partial charge in [-0.2, -0.15) is 0 Å². The van der Waals surface area contributed by atoms with Crippen LogP contribution < -0.4 is 11.1 Å². The average molecular weight is 335 g/mol. The molecule has 18 heavy (non-hydrogen) atoms. The Balaban J connectivity index is 2.56. The lowest BCUT2D eigenvalue weighted by atomic mass is 10.2. The van der Waals surface area contributed by atoms with Gasteiger partial charge in [-0.1, -0.05) is 27.5 Å². The number of nitrogens with one attached hydrogen (secondary N) is 1. The van der Waals surface area contributed by atoms with E-state index in [9.17, 15) is 0 Å². The Kier molecular flexibility index (Phi) is 6.46. The minimum atomic E-state index is 0.129. The number of nitrogens with two attached hydrogens (primary N) is 1. The Morgan fingerprint density at radius 3 is 2.89 bits per heavy atom. The SMILES string of the molecule is COCC(C)NC(N)=NCc1cc(Cl)cc(Br)c1. The molecule has 0 aliphatic rings. The molecular formula is C12H17BrClN3O. The number of methoxy groups -OCH3 is 1. The highest BCUT2D eigenvalue weighted by Gasteiger charge is 2.02. The Morgan fingerprint density at radius 2 is 2.28 bits per heavy atom. The van der Waals surface area contributed by atoms with Gasteiger partial charge in [0.25, 0.3) is 0 Å². The minimum absolute atomic E-state index is 0.129. The largest absolute Gasteiger partial charge is 0.383 e. The molecule has 0 aromatic heterocycles. The van der Waals surface area contributed by atoms with Gasteiger partial charge in [0.05, 0.1) is 13.2 Å². The van der Waals surface area contributed by atoms with Crippen molar-refractivity contribution in [2.75, 3.05) is 13.7 Å². The minimum Gasteiger partial charge on any atom is -0.383 e. The van der Waals surface area contributed by atoms with E-state index in [2.05, 4.69) is 26.2 Å². The van der Waals surface area contributed by atoms with Crippen molar-refractivity contribution in [2.45, 2.75) is 19.5 Å². The van der Waals surface area contributed by atoms with E-state index in [1.807, 2.05) is 25.1 Å². The van der Waals surface area contributed by atoms with E-state index in [4.69, 9.17) is 22.1 Å². The predicted octanol–water partition coefficient (Wildman–Crippen LogP) is 2.54. The molecule has 1 unspecified atom stereocenters. The highest BCUT2D eigenvalue weighted by molar-refractivity contribution is 9.10. The van der Waals surface area contributed by atoms with E-state index in [0.29, 0.717) is 24.1 Å². The second kappa shape index (κ2) is 7.61.